The van der Waals surface area contributed by atoms with E-state index in [1.807, 2.05) is 6.21 Å². The second kappa shape index (κ2) is 12.3. The van der Waals surface area contributed by atoms with Crippen LogP contribution in [-0.4, -0.2) is 17.6 Å². The molecule has 4 heteroatoms. The van der Waals surface area contributed by atoms with Gasteiger partial charge in [-0.25, -0.2) is 4.99 Å². The average Bonchev–Trinajstić information content (AvgIpc) is 3.77. The zero-order valence-electron chi connectivity index (χ0n) is 28.9. The maximum absolute atomic E-state index is 6.05. The molecule has 0 aliphatic carbocycles. The van der Waals surface area contributed by atoms with Crippen LogP contribution in [0.3, 0.4) is 0 Å². The van der Waals surface area contributed by atoms with E-state index in [0.717, 1.165) is 55.9 Å². The largest absolute Gasteiger partial charge is 0.267 e. The fourth-order valence-electron chi connectivity index (χ4n) is 7.65. The minimum absolute atomic E-state index is 0.835. The lowest BCUT2D eigenvalue weighted by molar-refractivity contribution is 0.180. The first-order chi connectivity index (χ1) is 24.4. The van der Waals surface area contributed by atoms with Crippen molar-refractivity contribution in [1.29, 1.82) is 0 Å². The van der Waals surface area contributed by atoms with E-state index in [9.17, 15) is 0 Å². The molecule has 4 nitrogen and oxygen atoms in total. The van der Waals surface area contributed by atoms with Gasteiger partial charge in [0.05, 0.1) is 17.6 Å². The van der Waals surface area contributed by atoms with Gasteiger partial charge in [0, 0.05) is 16.7 Å². The van der Waals surface area contributed by atoms with Crippen LogP contribution in [0.15, 0.2) is 173 Å². The molecule has 8 rings (SSSR count). The third-order valence-electron chi connectivity index (χ3n) is 10.3. The number of aliphatic imine (C=N–C) groups is 3. The second-order valence-corrected chi connectivity index (χ2v) is 13.6. The molecule has 2 unspecified atom stereocenters. The summed E-state index contributed by atoms with van der Waals surface area (Å²) in [4.78, 5) is 17.3. The van der Waals surface area contributed by atoms with Crippen molar-refractivity contribution in [3.05, 3.63) is 213 Å². The number of nitrogens with zero attached hydrogens (tertiary/aromatic N) is 3. The number of benzene rings is 6. The summed E-state index contributed by atoms with van der Waals surface area (Å²) < 4.78 is 0. The summed E-state index contributed by atoms with van der Waals surface area (Å²) in [6.07, 6.45) is 1.95. The Morgan fingerprint density at radius 3 is 1.46 bits per heavy atom. The zero-order chi connectivity index (χ0) is 34.3. The van der Waals surface area contributed by atoms with Crippen LogP contribution in [0, 0.1) is 27.7 Å². The fraction of sp³-hybridized carbons (Fsp3) is 0.152. The molecule has 2 aliphatic rings. The molecule has 244 valence electrons. The smallest absolute Gasteiger partial charge is 0.218 e. The first-order valence-electron chi connectivity index (χ1n) is 17.3. The van der Waals surface area contributed by atoms with E-state index >= 15 is 0 Å². The van der Waals surface area contributed by atoms with Crippen molar-refractivity contribution in [2.24, 2.45) is 15.0 Å². The highest BCUT2D eigenvalue weighted by Crippen LogP contribution is 2.55. The van der Waals surface area contributed by atoms with Gasteiger partial charge in [-0.3, -0.25) is 15.3 Å². The Balaban J connectivity index is 1.54. The van der Waals surface area contributed by atoms with Crippen molar-refractivity contribution >= 4 is 17.6 Å². The van der Waals surface area contributed by atoms with Gasteiger partial charge in [-0.2, -0.15) is 0 Å². The number of rotatable bonds is 7. The van der Waals surface area contributed by atoms with Crippen molar-refractivity contribution in [3.63, 3.8) is 0 Å². The third kappa shape index (κ3) is 4.90. The van der Waals surface area contributed by atoms with Crippen LogP contribution in [0.25, 0.3) is 0 Å². The monoisotopic (exact) mass is 648 g/mol. The maximum Gasteiger partial charge on any atom is 0.218 e. The maximum atomic E-state index is 6.05. The van der Waals surface area contributed by atoms with Crippen LogP contribution in [-0.2, 0) is 16.9 Å². The van der Waals surface area contributed by atoms with E-state index in [-0.39, 0.29) is 0 Å². The molecular weight excluding hydrogens is 609 g/mol. The lowest BCUT2D eigenvalue weighted by atomic mass is 9.75. The molecule has 0 amide bonds. The quantitative estimate of drug-likeness (QED) is 0.184. The molecule has 2 aliphatic heterocycles. The Labute approximate surface area is 295 Å². The van der Waals surface area contributed by atoms with E-state index in [0.29, 0.717) is 0 Å². The lowest BCUT2D eigenvalue weighted by Gasteiger charge is -2.44. The number of aryl methyl sites for hydroxylation is 4. The van der Waals surface area contributed by atoms with Crippen molar-refractivity contribution < 1.29 is 0 Å². The van der Waals surface area contributed by atoms with Gasteiger partial charge in [0.25, 0.3) is 0 Å². The van der Waals surface area contributed by atoms with Gasteiger partial charge in [0.2, 0.25) is 5.66 Å². The number of hydrogen-bond donors (Lipinski definition) is 1. The van der Waals surface area contributed by atoms with Gasteiger partial charge in [-0.15, -0.1) is 0 Å². The van der Waals surface area contributed by atoms with Gasteiger partial charge in [0.1, 0.15) is 5.54 Å². The molecule has 0 spiro atoms. The van der Waals surface area contributed by atoms with Gasteiger partial charge >= 0.3 is 0 Å². The SMILES string of the molecule is Cc1ccc(C2(C3(c4ccc(C)cc4)N=C(c4ccccc4C)C(c4ccccc4)(c4ccccc4)N3)N=CC(c3ccccc3C)=N2)cc1. The Morgan fingerprint density at radius 1 is 0.440 bits per heavy atom. The van der Waals surface area contributed by atoms with Crippen LogP contribution < -0.4 is 5.32 Å². The Hall–Kier alpha value is -5.71. The summed E-state index contributed by atoms with van der Waals surface area (Å²) in [6, 6.07) is 55.7. The fourth-order valence-corrected chi connectivity index (χ4v) is 7.65. The van der Waals surface area contributed by atoms with Crippen LogP contribution in [0.1, 0.15) is 55.6 Å². The Kier molecular flexibility index (Phi) is 7.77. The minimum Gasteiger partial charge on any atom is -0.267 e. The van der Waals surface area contributed by atoms with E-state index in [1.165, 1.54) is 11.1 Å². The highest BCUT2D eigenvalue weighted by atomic mass is 15.4. The van der Waals surface area contributed by atoms with Gasteiger partial charge in [0.15, 0.2) is 5.66 Å². The molecule has 6 aromatic carbocycles. The normalized spacial score (nSPS) is 20.8. The Bertz CT molecular complexity index is 2230. The summed E-state index contributed by atoms with van der Waals surface area (Å²) >= 11 is 0. The van der Waals surface area contributed by atoms with E-state index in [1.54, 1.807) is 0 Å². The number of hydrogen-bond acceptors (Lipinski definition) is 4. The first-order valence-corrected chi connectivity index (χ1v) is 17.3. The highest BCUT2D eigenvalue weighted by molar-refractivity contribution is 6.40. The molecule has 2 heterocycles. The summed E-state index contributed by atoms with van der Waals surface area (Å²) in [5.74, 6) is 0. The van der Waals surface area contributed by atoms with Crippen molar-refractivity contribution in [2.45, 2.75) is 44.6 Å². The lowest BCUT2D eigenvalue weighted by Crippen LogP contribution is -2.59. The molecular formula is C46H40N4. The van der Waals surface area contributed by atoms with Crippen molar-refractivity contribution in [2.75, 3.05) is 0 Å². The van der Waals surface area contributed by atoms with E-state index in [4.69, 9.17) is 15.0 Å². The average molecular weight is 649 g/mol. The van der Waals surface area contributed by atoms with Crippen LogP contribution >= 0.6 is 0 Å². The molecule has 0 saturated heterocycles. The first kappa shape index (κ1) is 31.6. The van der Waals surface area contributed by atoms with Crippen LogP contribution in [0.2, 0.25) is 0 Å². The van der Waals surface area contributed by atoms with Gasteiger partial charge < -0.3 is 0 Å². The summed E-state index contributed by atoms with van der Waals surface area (Å²) in [7, 11) is 0. The predicted molar refractivity (Wildman–Crippen MR) is 206 cm³/mol. The summed E-state index contributed by atoms with van der Waals surface area (Å²) in [6.45, 7) is 8.54. The molecule has 0 aromatic heterocycles. The molecule has 1 N–H and O–H groups in total. The third-order valence-corrected chi connectivity index (χ3v) is 10.3. The number of nitrogens with one attached hydrogen (secondary N) is 1. The molecule has 0 saturated carbocycles. The van der Waals surface area contributed by atoms with Crippen LogP contribution in [0.4, 0.5) is 0 Å². The standard InChI is InChI=1S/C46H40N4/c1-32-23-27-38(28-24-32)45(47-31-42(48-45)40-21-13-11-15-34(40)3)46(39-29-25-33(2)26-30-39)49-43(41-22-14-12-16-35(41)4)44(50-46,36-17-7-5-8-18-36)37-19-9-6-10-20-37/h5-31,50H,1-4H3. The molecule has 50 heavy (non-hydrogen) atoms. The van der Waals surface area contributed by atoms with Crippen molar-refractivity contribution in [1.82, 2.24) is 5.32 Å². The Morgan fingerprint density at radius 2 is 0.920 bits per heavy atom. The highest BCUT2D eigenvalue weighted by Gasteiger charge is 2.64. The predicted octanol–water partition coefficient (Wildman–Crippen LogP) is 9.54. The van der Waals surface area contributed by atoms with Crippen LogP contribution in [0.5, 0.6) is 0 Å². The minimum atomic E-state index is -1.20. The van der Waals surface area contributed by atoms with Gasteiger partial charge in [-0.05, 0) is 55.5 Å². The molecule has 0 radical (unpaired) electrons. The van der Waals surface area contributed by atoms with E-state index < -0.39 is 16.9 Å². The summed E-state index contributed by atoms with van der Waals surface area (Å²) in [5, 5.41) is 4.32. The molecule has 0 bridgehead atoms. The van der Waals surface area contributed by atoms with Crippen molar-refractivity contribution in [3.8, 4) is 0 Å². The van der Waals surface area contributed by atoms with E-state index in [2.05, 4.69) is 191 Å². The molecule has 0 fully saturated rings. The second-order valence-electron chi connectivity index (χ2n) is 13.6. The summed E-state index contributed by atoms with van der Waals surface area (Å²) in [5.41, 5.74) is 9.40. The zero-order valence-corrected chi connectivity index (χ0v) is 28.9. The molecule has 6 aromatic rings. The van der Waals surface area contributed by atoms with Gasteiger partial charge in [-0.1, -0.05) is 169 Å². The molecule has 2 atom stereocenters. The topological polar surface area (TPSA) is 49.1 Å².